The van der Waals surface area contributed by atoms with Crippen LogP contribution in [0.4, 0.5) is 0 Å². The van der Waals surface area contributed by atoms with Gasteiger partial charge in [-0.3, -0.25) is 4.52 Å². The summed E-state index contributed by atoms with van der Waals surface area (Å²) in [6.45, 7) is 8.52. The SMILES string of the molecule is CC(C)Cc1ccc(COP(=O)(O)O)cc1C(C)C. The molecule has 1 aromatic carbocycles. The van der Waals surface area contributed by atoms with Gasteiger partial charge < -0.3 is 9.79 Å². The van der Waals surface area contributed by atoms with Crippen molar-refractivity contribution < 1.29 is 18.9 Å². The van der Waals surface area contributed by atoms with E-state index in [0.717, 1.165) is 12.0 Å². The van der Waals surface area contributed by atoms with E-state index in [2.05, 4.69) is 32.2 Å². The van der Waals surface area contributed by atoms with E-state index in [4.69, 9.17) is 9.79 Å². The van der Waals surface area contributed by atoms with Crippen LogP contribution in [0.25, 0.3) is 0 Å². The van der Waals surface area contributed by atoms with Crippen LogP contribution in [0.3, 0.4) is 0 Å². The number of rotatable bonds is 6. The maximum atomic E-state index is 10.7. The van der Waals surface area contributed by atoms with E-state index in [9.17, 15) is 4.57 Å². The van der Waals surface area contributed by atoms with Crippen molar-refractivity contribution >= 4 is 7.82 Å². The fourth-order valence-electron chi connectivity index (χ4n) is 2.06. The lowest BCUT2D eigenvalue weighted by atomic mass is 9.90. The summed E-state index contributed by atoms with van der Waals surface area (Å²) in [6, 6.07) is 5.89. The second-order valence-electron chi connectivity index (χ2n) is 5.55. The van der Waals surface area contributed by atoms with Crippen LogP contribution in [-0.2, 0) is 22.1 Å². The molecule has 4 nitrogen and oxygen atoms in total. The topological polar surface area (TPSA) is 66.8 Å². The lowest BCUT2D eigenvalue weighted by Crippen LogP contribution is -2.03. The Balaban J connectivity index is 2.93. The Morgan fingerprint density at radius 1 is 1.21 bits per heavy atom. The fourth-order valence-corrected chi connectivity index (χ4v) is 2.37. The van der Waals surface area contributed by atoms with Crippen LogP contribution >= 0.6 is 7.82 Å². The molecule has 0 aromatic heterocycles. The third kappa shape index (κ3) is 5.87. The first-order valence-corrected chi connectivity index (χ1v) is 8.04. The highest BCUT2D eigenvalue weighted by Gasteiger charge is 2.15. The predicted octanol–water partition coefficient (Wildman–Crippen LogP) is 3.62. The third-order valence-corrected chi connectivity index (χ3v) is 3.33. The summed E-state index contributed by atoms with van der Waals surface area (Å²) in [4.78, 5) is 17.4. The van der Waals surface area contributed by atoms with E-state index in [1.54, 1.807) is 0 Å². The van der Waals surface area contributed by atoms with Gasteiger partial charge in [0.1, 0.15) is 0 Å². The van der Waals surface area contributed by atoms with Crippen molar-refractivity contribution in [3.63, 3.8) is 0 Å². The Hall–Kier alpha value is -0.670. The van der Waals surface area contributed by atoms with Gasteiger partial charge in [-0.05, 0) is 34.9 Å². The Morgan fingerprint density at radius 2 is 1.84 bits per heavy atom. The molecule has 0 aliphatic carbocycles. The average Bonchev–Trinajstić information content (AvgIpc) is 2.25. The quantitative estimate of drug-likeness (QED) is 0.784. The van der Waals surface area contributed by atoms with Crippen LogP contribution < -0.4 is 0 Å². The van der Waals surface area contributed by atoms with Gasteiger partial charge in [0.2, 0.25) is 0 Å². The van der Waals surface area contributed by atoms with Gasteiger partial charge in [-0.15, -0.1) is 0 Å². The predicted molar refractivity (Wildman–Crippen MR) is 75.9 cm³/mol. The average molecular weight is 286 g/mol. The zero-order valence-electron chi connectivity index (χ0n) is 12.0. The Bertz CT molecular complexity index is 463. The molecule has 0 amide bonds. The molecular formula is C14H23O4P. The van der Waals surface area contributed by atoms with Gasteiger partial charge in [0.15, 0.2) is 0 Å². The molecular weight excluding hydrogens is 263 g/mol. The molecule has 0 heterocycles. The van der Waals surface area contributed by atoms with Gasteiger partial charge in [0.25, 0.3) is 0 Å². The lowest BCUT2D eigenvalue weighted by Gasteiger charge is -2.16. The van der Waals surface area contributed by atoms with Gasteiger partial charge in [0, 0.05) is 0 Å². The van der Waals surface area contributed by atoms with Crippen molar-refractivity contribution in [2.75, 3.05) is 0 Å². The molecule has 108 valence electrons. The van der Waals surface area contributed by atoms with Crippen LogP contribution in [0.2, 0.25) is 0 Å². The van der Waals surface area contributed by atoms with Gasteiger partial charge in [-0.25, -0.2) is 4.57 Å². The van der Waals surface area contributed by atoms with E-state index < -0.39 is 7.82 Å². The molecule has 0 spiro atoms. The van der Waals surface area contributed by atoms with Crippen molar-refractivity contribution in [1.29, 1.82) is 0 Å². The van der Waals surface area contributed by atoms with Gasteiger partial charge in [-0.1, -0.05) is 45.9 Å². The molecule has 0 saturated carbocycles. The standard InChI is InChI=1S/C14H23O4P/c1-10(2)7-13-6-5-12(8-14(13)11(3)4)9-18-19(15,16)17/h5-6,8,10-11H,7,9H2,1-4H3,(H2,15,16,17). The van der Waals surface area contributed by atoms with Crippen molar-refractivity contribution in [1.82, 2.24) is 0 Å². The summed E-state index contributed by atoms with van der Waals surface area (Å²) in [5, 5.41) is 0. The molecule has 0 aliphatic rings. The Labute approximate surface area is 115 Å². The highest BCUT2D eigenvalue weighted by Crippen LogP contribution is 2.37. The Morgan fingerprint density at radius 3 is 2.32 bits per heavy atom. The highest BCUT2D eigenvalue weighted by atomic mass is 31.2. The number of phosphoric ester groups is 1. The monoisotopic (exact) mass is 286 g/mol. The van der Waals surface area contributed by atoms with Crippen molar-refractivity contribution in [3.05, 3.63) is 34.9 Å². The minimum absolute atomic E-state index is 0.0635. The van der Waals surface area contributed by atoms with Crippen molar-refractivity contribution in [2.45, 2.75) is 46.6 Å². The lowest BCUT2D eigenvalue weighted by molar-refractivity contribution is 0.189. The van der Waals surface area contributed by atoms with Gasteiger partial charge in [0.05, 0.1) is 6.61 Å². The molecule has 0 bridgehead atoms. The first-order chi connectivity index (χ1) is 8.69. The number of benzene rings is 1. The zero-order valence-corrected chi connectivity index (χ0v) is 12.9. The van der Waals surface area contributed by atoms with Crippen LogP contribution in [0, 0.1) is 5.92 Å². The fraction of sp³-hybridized carbons (Fsp3) is 0.571. The smallest absolute Gasteiger partial charge is 0.303 e. The number of phosphoric acid groups is 1. The zero-order chi connectivity index (χ0) is 14.6. The van der Waals surface area contributed by atoms with E-state index >= 15 is 0 Å². The van der Waals surface area contributed by atoms with Gasteiger partial charge >= 0.3 is 7.82 Å². The summed E-state index contributed by atoms with van der Waals surface area (Å²) in [5.74, 6) is 0.957. The maximum absolute atomic E-state index is 10.7. The first kappa shape index (κ1) is 16.4. The second kappa shape index (κ2) is 6.67. The molecule has 19 heavy (non-hydrogen) atoms. The summed E-state index contributed by atoms with van der Waals surface area (Å²) in [6.07, 6.45) is 1.01. The molecule has 2 N–H and O–H groups in total. The van der Waals surface area contributed by atoms with Crippen LogP contribution in [0.15, 0.2) is 18.2 Å². The largest absolute Gasteiger partial charge is 0.469 e. The molecule has 0 saturated heterocycles. The van der Waals surface area contributed by atoms with Crippen LogP contribution in [-0.4, -0.2) is 9.79 Å². The van der Waals surface area contributed by atoms with Crippen molar-refractivity contribution in [3.8, 4) is 0 Å². The molecule has 1 rings (SSSR count). The van der Waals surface area contributed by atoms with Gasteiger partial charge in [-0.2, -0.15) is 0 Å². The van der Waals surface area contributed by atoms with E-state index in [1.807, 2.05) is 18.2 Å². The molecule has 5 heteroatoms. The second-order valence-corrected chi connectivity index (χ2v) is 6.79. The molecule has 0 radical (unpaired) electrons. The minimum Gasteiger partial charge on any atom is -0.303 e. The highest BCUT2D eigenvalue weighted by molar-refractivity contribution is 7.46. The Kier molecular flexibility index (Phi) is 5.75. The summed E-state index contributed by atoms with van der Waals surface area (Å²) in [5.41, 5.74) is 3.31. The molecule has 0 fully saturated rings. The number of hydrogen-bond donors (Lipinski definition) is 2. The summed E-state index contributed by atoms with van der Waals surface area (Å²) >= 11 is 0. The minimum atomic E-state index is -4.40. The molecule has 0 unspecified atom stereocenters. The summed E-state index contributed by atoms with van der Waals surface area (Å²) < 4.78 is 15.2. The molecule has 0 atom stereocenters. The van der Waals surface area contributed by atoms with Crippen molar-refractivity contribution in [2.24, 2.45) is 5.92 Å². The van der Waals surface area contributed by atoms with Crippen LogP contribution in [0.1, 0.15) is 50.3 Å². The van der Waals surface area contributed by atoms with E-state index in [-0.39, 0.29) is 6.61 Å². The maximum Gasteiger partial charge on any atom is 0.469 e. The summed E-state index contributed by atoms with van der Waals surface area (Å²) in [7, 11) is -4.40. The third-order valence-electron chi connectivity index (χ3n) is 2.86. The molecule has 0 aliphatic heterocycles. The normalized spacial score (nSPS) is 12.4. The first-order valence-electron chi connectivity index (χ1n) is 6.51. The number of hydrogen-bond acceptors (Lipinski definition) is 2. The molecule has 1 aromatic rings. The van der Waals surface area contributed by atoms with E-state index in [1.165, 1.54) is 11.1 Å². The van der Waals surface area contributed by atoms with E-state index in [0.29, 0.717) is 11.8 Å². The van der Waals surface area contributed by atoms with Crippen LogP contribution in [0.5, 0.6) is 0 Å².